The fraction of sp³-hybridized carbons (Fsp3) is 0.116. The van der Waals surface area contributed by atoms with Crippen LogP contribution in [0.15, 0.2) is 157 Å². The predicted octanol–water partition coefficient (Wildman–Crippen LogP) is 6.33. The third kappa shape index (κ3) is 11.1. The Balaban J connectivity index is 0.000000189. The number of pyridine rings is 2. The van der Waals surface area contributed by atoms with Gasteiger partial charge in [-0.3, -0.25) is 28.9 Å². The average molecular weight is 883 g/mol. The molecular weight excluding hydrogens is 845 g/mol. The van der Waals surface area contributed by atoms with Crippen LogP contribution in [0.25, 0.3) is 23.0 Å². The molecule has 20 heteroatoms. The van der Waals surface area contributed by atoms with Crippen molar-refractivity contribution in [3.63, 3.8) is 0 Å². The molecular formula is C43H38N12O6S2. The molecule has 18 nitrogen and oxygen atoms in total. The van der Waals surface area contributed by atoms with Gasteiger partial charge in [-0.15, -0.1) is 20.4 Å². The van der Waals surface area contributed by atoms with Crippen LogP contribution in [-0.4, -0.2) is 98.0 Å². The highest BCUT2D eigenvalue weighted by Gasteiger charge is 2.20. The second kappa shape index (κ2) is 21.1. The van der Waals surface area contributed by atoms with Crippen molar-refractivity contribution < 1.29 is 28.7 Å². The Morgan fingerprint density at radius 3 is 1.37 bits per heavy atom. The monoisotopic (exact) mass is 882 g/mol. The Morgan fingerprint density at radius 1 is 0.556 bits per heavy atom. The Morgan fingerprint density at radius 2 is 0.984 bits per heavy atom. The van der Waals surface area contributed by atoms with Gasteiger partial charge in [0.25, 0.3) is 0 Å². The number of amides is 2. The van der Waals surface area contributed by atoms with E-state index in [2.05, 4.69) is 45.7 Å². The molecule has 2 N–H and O–H groups in total. The zero-order chi connectivity index (χ0) is 44.0. The number of hydrogen-bond acceptors (Lipinski definition) is 14. The van der Waals surface area contributed by atoms with E-state index < -0.39 is 11.9 Å². The second-order valence-electron chi connectivity index (χ2n) is 12.8. The van der Waals surface area contributed by atoms with Crippen molar-refractivity contribution in [1.29, 1.82) is 0 Å². The van der Waals surface area contributed by atoms with Crippen LogP contribution < -0.4 is 10.6 Å². The van der Waals surface area contributed by atoms with Crippen molar-refractivity contribution >= 4 is 58.7 Å². The van der Waals surface area contributed by atoms with Gasteiger partial charge in [0, 0.05) is 48.6 Å². The third-order valence-electron chi connectivity index (χ3n) is 8.59. The SMILES string of the molecule is CCOC(=O)c1ccc(NC(=O)CSc2nnc(-c3ccccn3)n2-n2cccc2)cc1.COC(=O)c1ccc(NC(=O)CSc2nnc(-c3ccccn3)n2-n2cccc2)cc1. The van der Waals surface area contributed by atoms with Crippen LogP contribution in [0, 0.1) is 0 Å². The molecule has 0 aliphatic carbocycles. The summed E-state index contributed by atoms with van der Waals surface area (Å²) in [5, 5.41) is 23.8. The summed E-state index contributed by atoms with van der Waals surface area (Å²) in [5.41, 5.74) is 3.36. The van der Waals surface area contributed by atoms with E-state index in [9.17, 15) is 19.2 Å². The average Bonchev–Trinajstić information content (AvgIpc) is 4.17. The minimum absolute atomic E-state index is 0.125. The molecule has 6 heterocycles. The van der Waals surface area contributed by atoms with Gasteiger partial charge in [0.2, 0.25) is 33.8 Å². The highest BCUT2D eigenvalue weighted by molar-refractivity contribution is 8.00. The molecule has 8 aromatic rings. The molecule has 0 radical (unpaired) electrons. The normalized spacial score (nSPS) is 10.6. The first kappa shape index (κ1) is 43.3. The molecule has 6 aromatic heterocycles. The van der Waals surface area contributed by atoms with Gasteiger partial charge in [-0.25, -0.2) is 18.9 Å². The summed E-state index contributed by atoms with van der Waals surface area (Å²) in [7, 11) is 1.32. The lowest BCUT2D eigenvalue weighted by Gasteiger charge is -2.11. The summed E-state index contributed by atoms with van der Waals surface area (Å²) in [6.45, 7) is 2.06. The molecule has 0 aliphatic rings. The molecule has 0 unspecified atom stereocenters. The standard InChI is InChI=1S/C22H20N6O3S.C21H18N6O3S/c1-2-31-21(30)16-8-10-17(11-9-16)24-19(29)15-32-22-26-25-20(18-7-3-4-12-23-18)28(22)27-13-5-6-14-27;1-30-20(29)15-7-9-16(10-8-15)23-18(28)14-31-21-25-24-19(17-6-2-3-11-22-17)27(21)26-12-4-5-13-26/h3-14H,2,15H2,1H3,(H,24,29);2-13H,14H2,1H3,(H,23,28). The second-order valence-corrected chi connectivity index (χ2v) is 14.7. The number of thioether (sulfide) groups is 2. The molecule has 0 saturated carbocycles. The van der Waals surface area contributed by atoms with Gasteiger partial charge in [0.1, 0.15) is 11.4 Å². The van der Waals surface area contributed by atoms with E-state index >= 15 is 0 Å². The van der Waals surface area contributed by atoms with Crippen LogP contribution >= 0.6 is 23.5 Å². The first-order valence-electron chi connectivity index (χ1n) is 19.1. The molecule has 8 rings (SSSR count). The van der Waals surface area contributed by atoms with E-state index in [1.807, 2.05) is 94.8 Å². The van der Waals surface area contributed by atoms with Crippen molar-refractivity contribution in [2.45, 2.75) is 17.2 Å². The Kier molecular flexibility index (Phi) is 14.5. The van der Waals surface area contributed by atoms with E-state index in [1.54, 1.807) is 77.2 Å². The molecule has 0 bridgehead atoms. The molecule has 2 aromatic carbocycles. The summed E-state index contributed by atoms with van der Waals surface area (Å²) >= 11 is 2.51. The van der Waals surface area contributed by atoms with Crippen LogP contribution in [0.1, 0.15) is 27.6 Å². The number of nitrogens with zero attached hydrogens (tertiary/aromatic N) is 10. The van der Waals surface area contributed by atoms with Gasteiger partial charge in [0.05, 0.1) is 36.3 Å². The lowest BCUT2D eigenvalue weighted by molar-refractivity contribution is -0.114. The Bertz CT molecular complexity index is 2750. The number of carbonyl (C=O) groups is 4. The molecule has 0 fully saturated rings. The highest BCUT2D eigenvalue weighted by atomic mass is 32.2. The van der Waals surface area contributed by atoms with E-state index in [4.69, 9.17) is 4.74 Å². The van der Waals surface area contributed by atoms with Crippen LogP contribution in [0.3, 0.4) is 0 Å². The number of carbonyl (C=O) groups excluding carboxylic acids is 4. The quantitative estimate of drug-likeness (QED) is 0.0853. The number of aromatic nitrogens is 10. The highest BCUT2D eigenvalue weighted by Crippen LogP contribution is 2.25. The van der Waals surface area contributed by atoms with Crippen LogP contribution in [0.2, 0.25) is 0 Å². The fourth-order valence-corrected chi connectivity index (χ4v) is 7.19. The molecule has 318 valence electrons. The van der Waals surface area contributed by atoms with Crippen molar-refractivity contribution in [3.8, 4) is 23.0 Å². The zero-order valence-electron chi connectivity index (χ0n) is 33.7. The van der Waals surface area contributed by atoms with Gasteiger partial charge in [-0.1, -0.05) is 35.7 Å². The summed E-state index contributed by atoms with van der Waals surface area (Å²) in [6.07, 6.45) is 10.8. The maximum absolute atomic E-state index is 12.5. The van der Waals surface area contributed by atoms with Crippen molar-refractivity contribution in [1.82, 2.24) is 49.1 Å². The zero-order valence-corrected chi connectivity index (χ0v) is 35.3. The topological polar surface area (TPSA) is 208 Å². The smallest absolute Gasteiger partial charge is 0.338 e. The van der Waals surface area contributed by atoms with Crippen molar-refractivity contribution in [2.24, 2.45) is 0 Å². The number of rotatable bonds is 15. The molecule has 0 atom stereocenters. The lowest BCUT2D eigenvalue weighted by Crippen LogP contribution is -2.16. The number of anilines is 2. The minimum Gasteiger partial charge on any atom is -0.465 e. The molecule has 2 amide bonds. The number of esters is 2. The maximum Gasteiger partial charge on any atom is 0.338 e. The number of benzene rings is 2. The maximum atomic E-state index is 12.5. The number of nitrogens with one attached hydrogen (secondary N) is 2. The van der Waals surface area contributed by atoms with Crippen LogP contribution in [-0.2, 0) is 19.1 Å². The first-order valence-corrected chi connectivity index (χ1v) is 21.1. The fourth-order valence-electron chi connectivity index (χ4n) is 5.72. The van der Waals surface area contributed by atoms with Gasteiger partial charge in [-0.05, 0) is 104 Å². The van der Waals surface area contributed by atoms with E-state index in [1.165, 1.54) is 30.6 Å². The largest absolute Gasteiger partial charge is 0.465 e. The van der Waals surface area contributed by atoms with Gasteiger partial charge < -0.3 is 20.1 Å². The summed E-state index contributed by atoms with van der Waals surface area (Å²) in [5.74, 6) is 0.146. The third-order valence-corrected chi connectivity index (χ3v) is 10.4. The molecule has 63 heavy (non-hydrogen) atoms. The van der Waals surface area contributed by atoms with Gasteiger partial charge >= 0.3 is 11.9 Å². The first-order chi connectivity index (χ1) is 30.8. The number of methoxy groups -OCH3 is 1. The van der Waals surface area contributed by atoms with Gasteiger partial charge in [0.15, 0.2) is 0 Å². The molecule has 0 aliphatic heterocycles. The minimum atomic E-state index is -0.429. The summed E-state index contributed by atoms with van der Waals surface area (Å²) in [4.78, 5) is 56.9. The molecule has 0 saturated heterocycles. The van der Waals surface area contributed by atoms with Gasteiger partial charge in [-0.2, -0.15) is 0 Å². The Labute approximate surface area is 368 Å². The van der Waals surface area contributed by atoms with Crippen molar-refractivity contribution in [3.05, 3.63) is 158 Å². The van der Waals surface area contributed by atoms with E-state index in [0.717, 1.165) is 0 Å². The van der Waals surface area contributed by atoms with Crippen molar-refractivity contribution in [2.75, 3.05) is 35.9 Å². The predicted molar refractivity (Wildman–Crippen MR) is 236 cm³/mol. The summed E-state index contributed by atoms with van der Waals surface area (Å²) < 4.78 is 16.9. The van der Waals surface area contributed by atoms with Crippen LogP contribution in [0.5, 0.6) is 0 Å². The number of ether oxygens (including phenoxy) is 2. The lowest BCUT2D eigenvalue weighted by atomic mass is 10.2. The Hall–Kier alpha value is -7.84. The molecule has 0 spiro atoms. The van der Waals surface area contributed by atoms with E-state index in [-0.39, 0.29) is 23.3 Å². The van der Waals surface area contributed by atoms with E-state index in [0.29, 0.717) is 62.5 Å². The number of hydrogen-bond donors (Lipinski definition) is 2. The van der Waals surface area contributed by atoms with Crippen LogP contribution in [0.4, 0.5) is 11.4 Å². The summed E-state index contributed by atoms with van der Waals surface area (Å²) in [6, 6.07) is 31.7.